The number of rotatable bonds is 5. The standard InChI is InChI=1S/C18H23NO5/c20-17(21)11-16-12-19(9-10-23-16)18(22)13-5-7-15(8-6-13)24-14-3-1-2-4-14/h5-8,14,16H,1-4,9-12H2,(H,20,21). The van der Waals surface area contributed by atoms with E-state index in [1.807, 2.05) is 12.1 Å². The summed E-state index contributed by atoms with van der Waals surface area (Å²) >= 11 is 0. The van der Waals surface area contributed by atoms with E-state index in [0.717, 1.165) is 18.6 Å². The second kappa shape index (κ2) is 7.66. The first kappa shape index (κ1) is 16.8. The van der Waals surface area contributed by atoms with Crippen LogP contribution < -0.4 is 4.74 Å². The molecule has 24 heavy (non-hydrogen) atoms. The van der Waals surface area contributed by atoms with Gasteiger partial charge in [0.2, 0.25) is 0 Å². The van der Waals surface area contributed by atoms with Crippen LogP contribution in [0.4, 0.5) is 0 Å². The van der Waals surface area contributed by atoms with Gasteiger partial charge >= 0.3 is 5.97 Å². The molecular weight excluding hydrogens is 310 g/mol. The monoisotopic (exact) mass is 333 g/mol. The number of aliphatic carboxylic acids is 1. The van der Waals surface area contributed by atoms with Crippen molar-refractivity contribution in [2.24, 2.45) is 0 Å². The van der Waals surface area contributed by atoms with Gasteiger partial charge in [0.05, 0.1) is 25.2 Å². The maximum atomic E-state index is 12.6. The summed E-state index contributed by atoms with van der Waals surface area (Å²) in [6, 6.07) is 7.21. The predicted molar refractivity (Wildman–Crippen MR) is 87.2 cm³/mol. The molecule has 1 aromatic rings. The molecule has 1 amide bonds. The van der Waals surface area contributed by atoms with Gasteiger partial charge in [-0.25, -0.2) is 0 Å². The number of morpholine rings is 1. The number of hydrogen-bond acceptors (Lipinski definition) is 4. The van der Waals surface area contributed by atoms with E-state index in [9.17, 15) is 9.59 Å². The quantitative estimate of drug-likeness (QED) is 0.895. The van der Waals surface area contributed by atoms with E-state index < -0.39 is 12.1 Å². The molecule has 0 radical (unpaired) electrons. The number of ether oxygens (including phenoxy) is 2. The number of nitrogens with zero attached hydrogens (tertiary/aromatic N) is 1. The summed E-state index contributed by atoms with van der Waals surface area (Å²) in [6.45, 7) is 1.16. The van der Waals surface area contributed by atoms with Crippen LogP contribution in [0.25, 0.3) is 0 Å². The summed E-state index contributed by atoms with van der Waals surface area (Å²) in [5, 5.41) is 8.86. The lowest BCUT2D eigenvalue weighted by Crippen LogP contribution is -2.46. The van der Waals surface area contributed by atoms with Crippen LogP contribution in [-0.2, 0) is 9.53 Å². The molecule has 1 heterocycles. The maximum absolute atomic E-state index is 12.6. The van der Waals surface area contributed by atoms with Crippen LogP contribution in [0.1, 0.15) is 42.5 Å². The van der Waals surface area contributed by atoms with E-state index in [1.165, 1.54) is 12.8 Å². The van der Waals surface area contributed by atoms with Gasteiger partial charge in [0.15, 0.2) is 0 Å². The van der Waals surface area contributed by atoms with Crippen LogP contribution in [0.15, 0.2) is 24.3 Å². The maximum Gasteiger partial charge on any atom is 0.306 e. The lowest BCUT2D eigenvalue weighted by atomic mass is 10.1. The topological polar surface area (TPSA) is 76.1 Å². The van der Waals surface area contributed by atoms with E-state index in [0.29, 0.717) is 31.4 Å². The number of hydrogen-bond donors (Lipinski definition) is 1. The third-order valence-electron chi connectivity index (χ3n) is 4.53. The van der Waals surface area contributed by atoms with Crippen molar-refractivity contribution in [2.75, 3.05) is 19.7 Å². The highest BCUT2D eigenvalue weighted by Crippen LogP contribution is 2.24. The van der Waals surface area contributed by atoms with Crippen molar-refractivity contribution in [3.63, 3.8) is 0 Å². The van der Waals surface area contributed by atoms with Crippen molar-refractivity contribution in [1.82, 2.24) is 4.90 Å². The number of amides is 1. The Morgan fingerprint density at radius 1 is 1.21 bits per heavy atom. The molecular formula is C18H23NO5. The highest BCUT2D eigenvalue weighted by Gasteiger charge is 2.26. The largest absolute Gasteiger partial charge is 0.490 e. The van der Waals surface area contributed by atoms with Crippen molar-refractivity contribution in [3.05, 3.63) is 29.8 Å². The Morgan fingerprint density at radius 2 is 1.92 bits per heavy atom. The van der Waals surface area contributed by atoms with Gasteiger partial charge in [-0.15, -0.1) is 0 Å². The van der Waals surface area contributed by atoms with E-state index in [4.69, 9.17) is 14.6 Å². The molecule has 1 aromatic carbocycles. The fourth-order valence-corrected chi connectivity index (χ4v) is 3.28. The molecule has 6 nitrogen and oxygen atoms in total. The van der Waals surface area contributed by atoms with Crippen molar-refractivity contribution < 1.29 is 24.2 Å². The summed E-state index contributed by atoms with van der Waals surface area (Å²) in [7, 11) is 0. The third-order valence-corrected chi connectivity index (χ3v) is 4.53. The van der Waals surface area contributed by atoms with Crippen LogP contribution in [-0.4, -0.2) is 53.8 Å². The van der Waals surface area contributed by atoms with Gasteiger partial charge in [-0.2, -0.15) is 0 Å². The molecule has 3 rings (SSSR count). The average molecular weight is 333 g/mol. The first-order valence-corrected chi connectivity index (χ1v) is 8.51. The molecule has 1 unspecified atom stereocenters. The molecule has 0 spiro atoms. The zero-order valence-corrected chi connectivity index (χ0v) is 13.6. The molecule has 1 aliphatic heterocycles. The summed E-state index contributed by atoms with van der Waals surface area (Å²) in [5.74, 6) is -0.215. The molecule has 0 bridgehead atoms. The van der Waals surface area contributed by atoms with Gasteiger partial charge in [-0.1, -0.05) is 0 Å². The van der Waals surface area contributed by atoms with Crippen LogP contribution in [0.3, 0.4) is 0 Å². The van der Waals surface area contributed by atoms with Gasteiger partial charge in [0.1, 0.15) is 5.75 Å². The van der Waals surface area contributed by atoms with Gasteiger partial charge in [0.25, 0.3) is 5.91 Å². The van der Waals surface area contributed by atoms with Crippen LogP contribution >= 0.6 is 0 Å². The van der Waals surface area contributed by atoms with Crippen molar-refractivity contribution in [2.45, 2.75) is 44.3 Å². The number of carboxylic acids is 1. The minimum absolute atomic E-state index is 0.0854. The molecule has 1 saturated heterocycles. The van der Waals surface area contributed by atoms with E-state index in [2.05, 4.69) is 0 Å². The van der Waals surface area contributed by atoms with Crippen LogP contribution in [0.5, 0.6) is 5.75 Å². The minimum atomic E-state index is -0.914. The molecule has 2 aliphatic rings. The summed E-state index contributed by atoms with van der Waals surface area (Å²) in [6.07, 6.45) is 4.40. The number of benzene rings is 1. The van der Waals surface area contributed by atoms with E-state index in [1.54, 1.807) is 17.0 Å². The number of carbonyl (C=O) groups excluding carboxylic acids is 1. The van der Waals surface area contributed by atoms with Gasteiger partial charge in [-0.05, 0) is 49.9 Å². The van der Waals surface area contributed by atoms with Crippen molar-refractivity contribution >= 4 is 11.9 Å². The molecule has 0 aromatic heterocycles. The SMILES string of the molecule is O=C(O)CC1CN(C(=O)c2ccc(OC3CCCC3)cc2)CCO1. The van der Waals surface area contributed by atoms with Crippen LogP contribution in [0.2, 0.25) is 0 Å². The lowest BCUT2D eigenvalue weighted by Gasteiger charge is -2.32. The summed E-state index contributed by atoms with van der Waals surface area (Å²) < 4.78 is 11.3. The van der Waals surface area contributed by atoms with Gasteiger partial charge < -0.3 is 19.5 Å². The second-order valence-corrected chi connectivity index (χ2v) is 6.39. The number of carbonyl (C=O) groups is 2. The minimum Gasteiger partial charge on any atom is -0.490 e. The first-order chi connectivity index (χ1) is 11.6. The zero-order valence-electron chi connectivity index (χ0n) is 13.6. The molecule has 2 fully saturated rings. The molecule has 6 heteroatoms. The molecule has 1 atom stereocenters. The van der Waals surface area contributed by atoms with Gasteiger partial charge in [-0.3, -0.25) is 9.59 Å². The predicted octanol–water partition coefficient (Wildman–Crippen LogP) is 2.32. The molecule has 1 aliphatic carbocycles. The highest BCUT2D eigenvalue weighted by atomic mass is 16.5. The van der Waals surface area contributed by atoms with Gasteiger partial charge in [0, 0.05) is 18.7 Å². The fraction of sp³-hybridized carbons (Fsp3) is 0.556. The summed E-state index contributed by atoms with van der Waals surface area (Å²) in [4.78, 5) is 25.0. The van der Waals surface area contributed by atoms with Crippen molar-refractivity contribution in [3.8, 4) is 5.75 Å². The third kappa shape index (κ3) is 4.26. The Bertz CT molecular complexity index is 580. The Balaban J connectivity index is 1.58. The fourth-order valence-electron chi connectivity index (χ4n) is 3.28. The van der Waals surface area contributed by atoms with E-state index >= 15 is 0 Å². The Labute approximate surface area is 141 Å². The molecule has 1 N–H and O–H groups in total. The zero-order chi connectivity index (χ0) is 16.9. The number of carboxylic acid groups (broad SMARTS) is 1. The Kier molecular flexibility index (Phi) is 5.35. The van der Waals surface area contributed by atoms with Crippen LogP contribution in [0, 0.1) is 0 Å². The Morgan fingerprint density at radius 3 is 2.58 bits per heavy atom. The highest BCUT2D eigenvalue weighted by molar-refractivity contribution is 5.94. The summed E-state index contributed by atoms with van der Waals surface area (Å²) in [5.41, 5.74) is 0.588. The molecule has 1 saturated carbocycles. The van der Waals surface area contributed by atoms with Crippen molar-refractivity contribution in [1.29, 1.82) is 0 Å². The average Bonchev–Trinajstić information content (AvgIpc) is 3.07. The Hall–Kier alpha value is -2.08. The molecule has 130 valence electrons. The smallest absolute Gasteiger partial charge is 0.306 e. The second-order valence-electron chi connectivity index (χ2n) is 6.39. The first-order valence-electron chi connectivity index (χ1n) is 8.51. The lowest BCUT2D eigenvalue weighted by molar-refractivity contribution is -0.141. The van der Waals surface area contributed by atoms with E-state index in [-0.39, 0.29) is 12.3 Å². The normalized spacial score (nSPS) is 21.7.